The van der Waals surface area contributed by atoms with Crippen molar-refractivity contribution in [3.63, 3.8) is 0 Å². The number of carbonyl (C=O) groups excluding carboxylic acids is 1. The zero-order chi connectivity index (χ0) is 13.6. The molecule has 4 nitrogen and oxygen atoms in total. The van der Waals surface area contributed by atoms with Gasteiger partial charge in [0.1, 0.15) is 0 Å². The molecule has 102 valence electrons. The Kier molecular flexibility index (Phi) is 6.72. The van der Waals surface area contributed by atoms with Crippen molar-refractivity contribution in [1.82, 2.24) is 9.80 Å². The molecule has 0 aromatic carbocycles. The van der Waals surface area contributed by atoms with Crippen LogP contribution in [0.5, 0.6) is 0 Å². The van der Waals surface area contributed by atoms with Gasteiger partial charge in [0.05, 0.1) is 6.04 Å². The van der Waals surface area contributed by atoms with E-state index in [2.05, 4.69) is 4.90 Å². The number of nitrogens with zero attached hydrogens (tertiary/aromatic N) is 2. The van der Waals surface area contributed by atoms with Crippen LogP contribution in [0.3, 0.4) is 0 Å². The summed E-state index contributed by atoms with van der Waals surface area (Å²) in [5, 5.41) is 0. The van der Waals surface area contributed by atoms with E-state index >= 15 is 0 Å². The van der Waals surface area contributed by atoms with Crippen molar-refractivity contribution >= 4 is 5.91 Å². The second kappa shape index (κ2) is 6.97. The fourth-order valence-electron chi connectivity index (χ4n) is 1.57. The van der Waals surface area contributed by atoms with Crippen LogP contribution in [0, 0.1) is 5.41 Å². The molecular weight excluding hydrogens is 214 g/mol. The van der Waals surface area contributed by atoms with Crippen molar-refractivity contribution in [2.24, 2.45) is 11.1 Å². The van der Waals surface area contributed by atoms with Gasteiger partial charge in [0.2, 0.25) is 5.91 Å². The molecule has 4 heteroatoms. The third-order valence-corrected chi connectivity index (χ3v) is 2.93. The molecule has 1 amide bonds. The van der Waals surface area contributed by atoms with Gasteiger partial charge in [-0.1, -0.05) is 20.8 Å². The highest BCUT2D eigenvalue weighted by atomic mass is 16.2. The Bertz CT molecular complexity index is 233. The van der Waals surface area contributed by atoms with Crippen molar-refractivity contribution in [2.75, 3.05) is 33.7 Å². The van der Waals surface area contributed by atoms with Crippen molar-refractivity contribution in [1.29, 1.82) is 0 Å². The average Bonchev–Trinajstić information content (AvgIpc) is 2.20. The van der Waals surface area contributed by atoms with Gasteiger partial charge < -0.3 is 15.5 Å². The van der Waals surface area contributed by atoms with E-state index in [1.54, 1.807) is 0 Å². The van der Waals surface area contributed by atoms with Gasteiger partial charge in [-0.2, -0.15) is 0 Å². The Morgan fingerprint density at radius 2 is 1.76 bits per heavy atom. The predicted molar refractivity (Wildman–Crippen MR) is 72.9 cm³/mol. The SMILES string of the molecule is CCN(CCCN(C)C)C(=O)C(N)C(C)(C)C. The number of nitrogens with two attached hydrogens (primary N) is 1. The van der Waals surface area contributed by atoms with Crippen molar-refractivity contribution in [3.8, 4) is 0 Å². The fraction of sp³-hybridized carbons (Fsp3) is 0.923. The van der Waals surface area contributed by atoms with Crippen LogP contribution in [-0.4, -0.2) is 55.5 Å². The molecule has 0 fully saturated rings. The lowest BCUT2D eigenvalue weighted by Crippen LogP contribution is -2.50. The minimum Gasteiger partial charge on any atom is -0.342 e. The maximum atomic E-state index is 12.2. The molecule has 0 aliphatic carbocycles. The van der Waals surface area contributed by atoms with E-state index in [4.69, 9.17) is 5.73 Å². The van der Waals surface area contributed by atoms with Crippen LogP contribution >= 0.6 is 0 Å². The Balaban J connectivity index is 4.31. The molecule has 2 N–H and O–H groups in total. The molecule has 0 heterocycles. The predicted octanol–water partition coefficient (Wildman–Crippen LogP) is 1.16. The van der Waals surface area contributed by atoms with Crippen LogP contribution in [0.4, 0.5) is 0 Å². The maximum absolute atomic E-state index is 12.2. The largest absolute Gasteiger partial charge is 0.342 e. The number of likely N-dealkylation sites (N-methyl/N-ethyl adjacent to an activating group) is 1. The summed E-state index contributed by atoms with van der Waals surface area (Å²) < 4.78 is 0. The van der Waals surface area contributed by atoms with Crippen LogP contribution in [0.2, 0.25) is 0 Å². The first-order valence-electron chi connectivity index (χ1n) is 6.39. The monoisotopic (exact) mass is 243 g/mol. The first kappa shape index (κ1) is 16.4. The Hall–Kier alpha value is -0.610. The van der Waals surface area contributed by atoms with Gasteiger partial charge in [-0.25, -0.2) is 0 Å². The van der Waals surface area contributed by atoms with Crippen molar-refractivity contribution in [3.05, 3.63) is 0 Å². The van der Waals surface area contributed by atoms with E-state index in [0.717, 1.165) is 26.1 Å². The zero-order valence-electron chi connectivity index (χ0n) is 12.3. The Labute approximate surface area is 106 Å². The van der Waals surface area contributed by atoms with Crippen LogP contribution in [0.1, 0.15) is 34.1 Å². The van der Waals surface area contributed by atoms with Crippen LogP contribution in [0.25, 0.3) is 0 Å². The minimum absolute atomic E-state index is 0.0683. The minimum atomic E-state index is -0.415. The van der Waals surface area contributed by atoms with E-state index in [1.807, 2.05) is 46.7 Å². The van der Waals surface area contributed by atoms with E-state index in [0.29, 0.717) is 0 Å². The fourth-order valence-corrected chi connectivity index (χ4v) is 1.57. The summed E-state index contributed by atoms with van der Waals surface area (Å²) in [5.41, 5.74) is 5.83. The number of rotatable bonds is 6. The first-order chi connectivity index (χ1) is 7.70. The molecule has 0 aromatic heterocycles. The molecular formula is C13H29N3O. The van der Waals surface area contributed by atoms with Crippen molar-refractivity contribution < 1.29 is 4.79 Å². The molecule has 1 atom stereocenters. The Morgan fingerprint density at radius 1 is 1.24 bits per heavy atom. The smallest absolute Gasteiger partial charge is 0.240 e. The standard InChI is InChI=1S/C13H29N3O/c1-7-16(10-8-9-15(5)6)12(17)11(14)13(2,3)4/h11H,7-10,14H2,1-6H3. The summed E-state index contributed by atoms with van der Waals surface area (Å²) in [5.74, 6) is 0.0683. The van der Waals surface area contributed by atoms with Gasteiger partial charge >= 0.3 is 0 Å². The second-order valence-corrected chi connectivity index (χ2v) is 5.92. The lowest BCUT2D eigenvalue weighted by atomic mass is 9.86. The number of hydrogen-bond acceptors (Lipinski definition) is 3. The highest BCUT2D eigenvalue weighted by molar-refractivity contribution is 5.82. The second-order valence-electron chi connectivity index (χ2n) is 5.92. The van der Waals surface area contributed by atoms with Crippen LogP contribution in [-0.2, 0) is 4.79 Å². The molecule has 0 spiro atoms. The summed E-state index contributed by atoms with van der Waals surface area (Å²) in [4.78, 5) is 16.2. The third kappa shape index (κ3) is 6.03. The van der Waals surface area contributed by atoms with Gasteiger partial charge in [0.15, 0.2) is 0 Å². The van der Waals surface area contributed by atoms with E-state index in [1.165, 1.54) is 0 Å². The topological polar surface area (TPSA) is 49.6 Å². The van der Waals surface area contributed by atoms with Crippen molar-refractivity contribution in [2.45, 2.75) is 40.2 Å². The van der Waals surface area contributed by atoms with Gasteiger partial charge in [-0.15, -0.1) is 0 Å². The maximum Gasteiger partial charge on any atom is 0.240 e. The number of hydrogen-bond donors (Lipinski definition) is 1. The normalized spacial score (nSPS) is 13.9. The molecule has 0 saturated carbocycles. The third-order valence-electron chi connectivity index (χ3n) is 2.93. The molecule has 0 rings (SSSR count). The zero-order valence-corrected chi connectivity index (χ0v) is 12.3. The molecule has 0 bridgehead atoms. The molecule has 0 aliphatic rings. The lowest BCUT2D eigenvalue weighted by molar-refractivity contribution is -0.134. The molecule has 17 heavy (non-hydrogen) atoms. The highest BCUT2D eigenvalue weighted by Gasteiger charge is 2.30. The molecule has 1 unspecified atom stereocenters. The summed E-state index contributed by atoms with van der Waals surface area (Å²) in [6.07, 6.45) is 0.990. The van der Waals surface area contributed by atoms with Crippen LogP contribution in [0.15, 0.2) is 0 Å². The Morgan fingerprint density at radius 3 is 2.12 bits per heavy atom. The highest BCUT2D eigenvalue weighted by Crippen LogP contribution is 2.19. The number of amides is 1. The quantitative estimate of drug-likeness (QED) is 0.761. The van der Waals surface area contributed by atoms with Gasteiger partial charge in [-0.05, 0) is 39.4 Å². The molecule has 0 aliphatic heterocycles. The van der Waals surface area contributed by atoms with Crippen LogP contribution < -0.4 is 5.73 Å². The van der Waals surface area contributed by atoms with Gasteiger partial charge in [-0.3, -0.25) is 4.79 Å². The average molecular weight is 243 g/mol. The van der Waals surface area contributed by atoms with Gasteiger partial charge in [0, 0.05) is 13.1 Å². The van der Waals surface area contributed by atoms with Gasteiger partial charge in [0.25, 0.3) is 0 Å². The molecule has 0 radical (unpaired) electrons. The first-order valence-corrected chi connectivity index (χ1v) is 6.39. The van der Waals surface area contributed by atoms with E-state index < -0.39 is 6.04 Å². The lowest BCUT2D eigenvalue weighted by Gasteiger charge is -2.31. The van der Waals surface area contributed by atoms with E-state index in [-0.39, 0.29) is 11.3 Å². The number of carbonyl (C=O) groups is 1. The summed E-state index contributed by atoms with van der Waals surface area (Å²) in [7, 11) is 4.08. The van der Waals surface area contributed by atoms with E-state index in [9.17, 15) is 4.79 Å². The molecule has 0 aromatic rings. The summed E-state index contributed by atoms with van der Waals surface area (Å²) in [6.45, 7) is 10.5. The summed E-state index contributed by atoms with van der Waals surface area (Å²) >= 11 is 0. The molecule has 0 saturated heterocycles. The summed E-state index contributed by atoms with van der Waals surface area (Å²) in [6, 6.07) is -0.415.